The highest BCUT2D eigenvalue weighted by molar-refractivity contribution is 5.59. The zero-order chi connectivity index (χ0) is 15.2. The average molecular weight is 281 g/mol. The number of hydrogen-bond acceptors (Lipinski definition) is 6. The largest absolute Gasteiger partial charge is 0.426 e. The SMILES string of the molecule is N#CC(C#N)=Cc1ccc(Oc2ccccc2[N+](=O)[O-])o1. The predicted octanol–water partition coefficient (Wildman–Crippen LogP) is 3.41. The van der Waals surface area contributed by atoms with E-state index in [-0.39, 0.29) is 28.7 Å². The summed E-state index contributed by atoms with van der Waals surface area (Å²) < 4.78 is 10.5. The Morgan fingerprint density at radius 3 is 2.62 bits per heavy atom. The van der Waals surface area contributed by atoms with Crippen LogP contribution in [0.5, 0.6) is 11.7 Å². The minimum absolute atomic E-state index is 0.0192. The number of allylic oxidation sites excluding steroid dienone is 1. The first-order valence-corrected chi connectivity index (χ1v) is 5.67. The summed E-state index contributed by atoms with van der Waals surface area (Å²) in [7, 11) is 0. The van der Waals surface area contributed by atoms with Gasteiger partial charge in [0.1, 0.15) is 23.5 Å². The van der Waals surface area contributed by atoms with Crippen LogP contribution in [0.15, 0.2) is 46.4 Å². The zero-order valence-corrected chi connectivity index (χ0v) is 10.5. The van der Waals surface area contributed by atoms with E-state index >= 15 is 0 Å². The summed E-state index contributed by atoms with van der Waals surface area (Å²) in [6.07, 6.45) is 1.24. The standard InChI is InChI=1S/C14H7N3O4/c15-8-10(9-16)7-11-5-6-14(20-11)21-13-4-2-1-3-12(13)17(18)19/h1-7H. The number of rotatable bonds is 4. The molecule has 0 unspecified atom stereocenters. The third-order valence-corrected chi connectivity index (χ3v) is 2.40. The van der Waals surface area contributed by atoms with E-state index < -0.39 is 4.92 Å². The van der Waals surface area contributed by atoms with Gasteiger partial charge in [0.15, 0.2) is 0 Å². The van der Waals surface area contributed by atoms with Crippen LogP contribution < -0.4 is 4.74 Å². The van der Waals surface area contributed by atoms with Gasteiger partial charge in [-0.2, -0.15) is 10.5 Å². The summed E-state index contributed by atoms with van der Waals surface area (Å²) in [5.41, 5.74) is -0.317. The van der Waals surface area contributed by atoms with Crippen molar-refractivity contribution in [1.29, 1.82) is 10.5 Å². The molecule has 0 N–H and O–H groups in total. The molecule has 0 atom stereocenters. The fourth-order valence-electron chi connectivity index (χ4n) is 1.50. The van der Waals surface area contributed by atoms with E-state index in [9.17, 15) is 10.1 Å². The van der Waals surface area contributed by atoms with Crippen molar-refractivity contribution in [1.82, 2.24) is 0 Å². The highest BCUT2D eigenvalue weighted by Gasteiger charge is 2.15. The first-order chi connectivity index (χ1) is 10.1. The van der Waals surface area contributed by atoms with Gasteiger partial charge in [0.05, 0.1) is 4.92 Å². The third-order valence-electron chi connectivity index (χ3n) is 2.40. The summed E-state index contributed by atoms with van der Waals surface area (Å²) in [6, 6.07) is 12.2. The smallest absolute Gasteiger partial charge is 0.311 e. The van der Waals surface area contributed by atoms with Crippen LogP contribution in [0.1, 0.15) is 5.76 Å². The summed E-state index contributed by atoms with van der Waals surface area (Å²) in [5, 5.41) is 28.1. The molecular weight excluding hydrogens is 274 g/mol. The maximum atomic E-state index is 10.9. The molecule has 1 heterocycles. The monoisotopic (exact) mass is 281 g/mol. The molecule has 0 fully saturated rings. The molecule has 0 aliphatic heterocycles. The van der Waals surface area contributed by atoms with Gasteiger partial charge in [-0.15, -0.1) is 0 Å². The quantitative estimate of drug-likeness (QED) is 0.482. The molecule has 7 heteroatoms. The van der Waals surface area contributed by atoms with Crippen molar-refractivity contribution in [2.24, 2.45) is 0 Å². The van der Waals surface area contributed by atoms with Crippen LogP contribution in [0, 0.1) is 32.8 Å². The Labute approximate surface area is 119 Å². The molecule has 0 bridgehead atoms. The first kappa shape index (κ1) is 13.8. The van der Waals surface area contributed by atoms with Crippen molar-refractivity contribution in [3.05, 3.63) is 57.8 Å². The Bertz CT molecular complexity index is 777. The van der Waals surface area contributed by atoms with Gasteiger partial charge in [0, 0.05) is 18.2 Å². The summed E-state index contributed by atoms with van der Waals surface area (Å²) in [4.78, 5) is 10.3. The average Bonchev–Trinajstić information content (AvgIpc) is 2.92. The second kappa shape index (κ2) is 6.04. The minimum Gasteiger partial charge on any atom is -0.426 e. The molecule has 21 heavy (non-hydrogen) atoms. The zero-order valence-electron chi connectivity index (χ0n) is 10.5. The number of furan rings is 1. The van der Waals surface area contributed by atoms with Gasteiger partial charge < -0.3 is 9.15 Å². The minimum atomic E-state index is -0.567. The molecule has 2 rings (SSSR count). The molecule has 2 aromatic rings. The number of ether oxygens (including phenoxy) is 1. The van der Waals surface area contributed by atoms with Gasteiger partial charge in [-0.3, -0.25) is 10.1 Å². The molecule has 1 aromatic carbocycles. The van der Waals surface area contributed by atoms with E-state index in [2.05, 4.69) is 0 Å². The Morgan fingerprint density at radius 1 is 1.24 bits per heavy atom. The number of nitriles is 2. The van der Waals surface area contributed by atoms with E-state index in [1.165, 1.54) is 36.4 Å². The second-order valence-electron chi connectivity index (χ2n) is 3.77. The number of nitro groups is 1. The second-order valence-corrected chi connectivity index (χ2v) is 3.77. The Balaban J connectivity index is 2.26. The van der Waals surface area contributed by atoms with Gasteiger partial charge in [-0.05, 0) is 12.1 Å². The van der Waals surface area contributed by atoms with E-state index in [0.29, 0.717) is 0 Å². The molecule has 0 saturated heterocycles. The van der Waals surface area contributed by atoms with Gasteiger partial charge in [0.2, 0.25) is 5.75 Å². The molecule has 7 nitrogen and oxygen atoms in total. The van der Waals surface area contributed by atoms with Crippen molar-refractivity contribution in [2.75, 3.05) is 0 Å². The van der Waals surface area contributed by atoms with Crippen LogP contribution in [0.4, 0.5) is 5.69 Å². The lowest BCUT2D eigenvalue weighted by atomic mass is 10.3. The maximum Gasteiger partial charge on any atom is 0.311 e. The number of hydrogen-bond donors (Lipinski definition) is 0. The van der Waals surface area contributed by atoms with Crippen LogP contribution >= 0.6 is 0 Å². The van der Waals surface area contributed by atoms with Crippen molar-refractivity contribution in [2.45, 2.75) is 0 Å². The fraction of sp³-hybridized carbons (Fsp3) is 0. The van der Waals surface area contributed by atoms with Crippen molar-refractivity contribution in [3.63, 3.8) is 0 Å². The van der Waals surface area contributed by atoms with Crippen LogP contribution in [-0.2, 0) is 0 Å². The number of benzene rings is 1. The van der Waals surface area contributed by atoms with Crippen LogP contribution in [0.25, 0.3) is 6.08 Å². The highest BCUT2D eigenvalue weighted by Crippen LogP contribution is 2.31. The van der Waals surface area contributed by atoms with Crippen LogP contribution in [0.2, 0.25) is 0 Å². The highest BCUT2D eigenvalue weighted by atomic mass is 16.6. The van der Waals surface area contributed by atoms with E-state index in [0.717, 1.165) is 0 Å². The molecule has 1 aromatic heterocycles. The van der Waals surface area contributed by atoms with Crippen molar-refractivity contribution >= 4 is 11.8 Å². The molecule has 0 aliphatic carbocycles. The predicted molar refractivity (Wildman–Crippen MR) is 71.1 cm³/mol. The number of nitrogens with zero attached hydrogens (tertiary/aromatic N) is 3. The molecule has 0 saturated carbocycles. The molecule has 0 amide bonds. The van der Waals surface area contributed by atoms with Gasteiger partial charge >= 0.3 is 5.69 Å². The molecule has 0 aliphatic rings. The van der Waals surface area contributed by atoms with E-state index in [1.807, 2.05) is 0 Å². The lowest BCUT2D eigenvalue weighted by molar-refractivity contribution is -0.385. The summed E-state index contributed by atoms with van der Waals surface area (Å²) >= 11 is 0. The molecular formula is C14H7N3O4. The Kier molecular flexibility index (Phi) is 3.98. The van der Waals surface area contributed by atoms with Crippen molar-refractivity contribution < 1.29 is 14.1 Å². The van der Waals surface area contributed by atoms with Gasteiger partial charge in [-0.1, -0.05) is 12.1 Å². The lowest BCUT2D eigenvalue weighted by Gasteiger charge is -2.02. The molecule has 0 radical (unpaired) electrons. The molecule has 102 valence electrons. The maximum absolute atomic E-state index is 10.9. The summed E-state index contributed by atoms with van der Waals surface area (Å²) in [5.74, 6) is 0.292. The van der Waals surface area contributed by atoms with Crippen LogP contribution in [0.3, 0.4) is 0 Å². The van der Waals surface area contributed by atoms with Gasteiger partial charge in [-0.25, -0.2) is 0 Å². The Morgan fingerprint density at radius 2 is 1.95 bits per heavy atom. The van der Waals surface area contributed by atoms with Gasteiger partial charge in [0.25, 0.3) is 5.95 Å². The summed E-state index contributed by atoms with van der Waals surface area (Å²) in [6.45, 7) is 0. The third kappa shape index (κ3) is 3.25. The number of para-hydroxylation sites is 2. The number of nitro benzene ring substituents is 1. The normalized spacial score (nSPS) is 9.24. The fourth-order valence-corrected chi connectivity index (χ4v) is 1.50. The van der Waals surface area contributed by atoms with Crippen molar-refractivity contribution in [3.8, 4) is 23.8 Å². The lowest BCUT2D eigenvalue weighted by Crippen LogP contribution is -1.92. The first-order valence-electron chi connectivity index (χ1n) is 5.67. The van der Waals surface area contributed by atoms with E-state index in [1.54, 1.807) is 18.2 Å². The topological polar surface area (TPSA) is 113 Å². The van der Waals surface area contributed by atoms with Crippen LogP contribution in [-0.4, -0.2) is 4.92 Å². The molecule has 0 spiro atoms. The Hall–Kier alpha value is -3.58. The van der Waals surface area contributed by atoms with E-state index in [4.69, 9.17) is 19.7 Å².